The minimum atomic E-state index is -3.92. The van der Waals surface area contributed by atoms with Gasteiger partial charge in [0.05, 0.1) is 42.0 Å². The van der Waals surface area contributed by atoms with Crippen LogP contribution in [0, 0.1) is 0 Å². The summed E-state index contributed by atoms with van der Waals surface area (Å²) >= 11 is 0.867. The number of fused-ring (bicyclic) bond motifs is 19. The molecule has 0 saturated heterocycles. The quantitative estimate of drug-likeness (QED) is 0.0512. The molecule has 0 N–H and O–H groups in total. The summed E-state index contributed by atoms with van der Waals surface area (Å²) in [5.41, 5.74) is 4.54. The van der Waals surface area contributed by atoms with E-state index < -0.39 is 30.4 Å². The van der Waals surface area contributed by atoms with Crippen LogP contribution in [0.5, 0.6) is 0 Å². The third-order valence-electron chi connectivity index (χ3n) is 7.74. The maximum Gasteiger partial charge on any atom is 1.00 e. The normalized spacial score (nSPS) is 13.7. The molecule has 28 heteroatoms. The summed E-state index contributed by atoms with van der Waals surface area (Å²) in [4.78, 5) is 29.8. The Bertz CT molecular complexity index is 3030. The van der Waals surface area contributed by atoms with Gasteiger partial charge in [0.1, 0.15) is 0 Å². The van der Waals surface area contributed by atoms with Gasteiger partial charge in [-0.2, -0.15) is 4.33 Å². The van der Waals surface area contributed by atoms with Gasteiger partial charge in [-0.3, -0.25) is 5.04 Å². The first-order valence-electron chi connectivity index (χ1n) is 16.8. The molecule has 5 heterocycles. The van der Waals surface area contributed by atoms with Crippen molar-refractivity contribution >= 4 is 99.2 Å². The fourth-order valence-electron chi connectivity index (χ4n) is 5.80. The fourth-order valence-corrected chi connectivity index (χ4v) is 5.86. The molecule has 1 atom stereocenters. The van der Waals surface area contributed by atoms with Gasteiger partial charge in [-0.05, 0) is 49.3 Å². The molecule has 0 fully saturated rings. The molecule has 0 radical (unpaired) electrons. The van der Waals surface area contributed by atoms with E-state index in [1.165, 1.54) is 0 Å². The molecule has 9 rings (SSSR count). The minimum absolute atomic E-state index is 0. The van der Waals surface area contributed by atoms with Crippen LogP contribution in [0.25, 0.3) is 32.9 Å². The molecule has 6 aromatic rings. The Kier molecular flexibility index (Phi) is 28.2. The molecule has 1 unspecified atom stereocenters. The van der Waals surface area contributed by atoms with Gasteiger partial charge in [0.15, 0.2) is 0 Å². The van der Waals surface area contributed by atoms with Crippen molar-refractivity contribution in [2.24, 2.45) is 20.0 Å². The van der Waals surface area contributed by atoms with Crippen LogP contribution in [0.2, 0.25) is 0 Å². The summed E-state index contributed by atoms with van der Waals surface area (Å²) in [6, 6.07) is 32.2. The van der Waals surface area contributed by atoms with Crippen molar-refractivity contribution < 1.29 is 191 Å². The molecule has 2 aromatic heterocycles. The first kappa shape index (κ1) is 64.0. The van der Waals surface area contributed by atoms with Crippen LogP contribution in [0.1, 0.15) is 28.3 Å². The van der Waals surface area contributed by atoms with E-state index in [9.17, 15) is 0 Å². The number of amidine groups is 3. The Labute approximate surface area is 480 Å². The van der Waals surface area contributed by atoms with E-state index in [1.807, 2.05) is 72.8 Å². The van der Waals surface area contributed by atoms with Crippen LogP contribution in [0.15, 0.2) is 117 Å². The van der Waals surface area contributed by atoms with Gasteiger partial charge in [0, 0.05) is 79.5 Å². The molecule has 0 saturated carbocycles. The van der Waals surface area contributed by atoms with Gasteiger partial charge >= 0.3 is 118 Å². The summed E-state index contributed by atoms with van der Waals surface area (Å²) in [7, 11) is -11.8. The van der Waals surface area contributed by atoms with Gasteiger partial charge in [-0.1, -0.05) is 109 Å². The zero-order chi connectivity index (χ0) is 43.8. The van der Waals surface area contributed by atoms with Gasteiger partial charge in [-0.15, -0.1) is 0 Å². The molecular weight excluding hydrogens is 1020 g/mol. The predicted molar refractivity (Wildman–Crippen MR) is 220 cm³/mol. The van der Waals surface area contributed by atoms with Gasteiger partial charge in [-0.25, -0.2) is 30.2 Å². The molecule has 0 spiro atoms. The molecule has 318 valence electrons. The third-order valence-corrected chi connectivity index (χ3v) is 7.93. The first-order chi connectivity index (χ1) is 28.2. The molecule has 3 aliphatic heterocycles. The van der Waals surface area contributed by atoms with Gasteiger partial charge < -0.3 is 49.2 Å². The van der Waals surface area contributed by atoms with Crippen molar-refractivity contribution in [3.05, 3.63) is 135 Å². The summed E-state index contributed by atoms with van der Waals surface area (Å²) in [6.45, 7) is 0. The maximum absolute atomic E-state index is 9.08. The average molecular weight is 1050 g/mol. The molecule has 0 amide bonds. The van der Waals surface area contributed by atoms with Crippen LogP contribution < -0.4 is 144 Å². The Hall–Kier alpha value is -0.977. The number of nitrogens with zero attached hydrogens (tertiary/aromatic N) is 7. The van der Waals surface area contributed by atoms with Crippen molar-refractivity contribution in [2.45, 2.75) is 6.04 Å². The maximum atomic E-state index is 9.08. The Morgan fingerprint density at radius 1 is 0.569 bits per heavy atom. The Morgan fingerprint density at radius 3 is 1.46 bits per heavy atom. The standard InChI is InChI=1S/C33H18N7.4CH4O3S.4Na.Zn/c1-3-11-20-18(9-1)26-17-27-19-10-2-4-12-21(19)29(35-27)37-31-23-14-6-8-16-25(23)33(39-31)40-32-24-15-7-5-13-22(24)30(38-32)36-28(20)34-26;3*1-5(2,3)4;1-5-4-3-2;;;;;/h1-17,26H;3*1H3,(H,2,3,4);2H,1H3;;;;;/q-3;;;;;4*+1;/p-4. The zero-order valence-electron chi connectivity index (χ0n) is 36.3. The largest absolute Gasteiger partial charge is 1.00 e. The van der Waals surface area contributed by atoms with Crippen LogP contribution in [-0.4, -0.2) is 81.4 Å². The van der Waals surface area contributed by atoms with Crippen molar-refractivity contribution in [3.8, 4) is 0 Å². The van der Waals surface area contributed by atoms with E-state index in [2.05, 4.69) is 39.7 Å². The first-order valence-corrected chi connectivity index (χ1v) is 23.4. The van der Waals surface area contributed by atoms with E-state index in [0.29, 0.717) is 53.4 Å². The summed E-state index contributed by atoms with van der Waals surface area (Å²) in [6.07, 6.45) is 5.50. The fraction of sp³-hybridized carbons (Fsp3) is 0.135. The van der Waals surface area contributed by atoms with Crippen LogP contribution >= 0.6 is 12.0 Å². The van der Waals surface area contributed by atoms with Gasteiger partial charge in [0.2, 0.25) is 0 Å². The molecule has 0 aliphatic carbocycles. The predicted octanol–water partition coefficient (Wildman–Crippen LogP) is -9.65. The molecule has 19 nitrogen and oxygen atoms in total. The number of aromatic nitrogens is 2. The van der Waals surface area contributed by atoms with Crippen LogP contribution in [-0.2, 0) is 59.2 Å². The van der Waals surface area contributed by atoms with Crippen molar-refractivity contribution in [2.75, 3.05) is 25.0 Å². The van der Waals surface area contributed by atoms with Gasteiger partial charge in [0.25, 0.3) is 0 Å². The smallest absolute Gasteiger partial charge is 0.748 e. The van der Waals surface area contributed by atoms with Crippen molar-refractivity contribution in [1.29, 1.82) is 0 Å². The molecule has 8 bridgehead atoms. The SMILES string of the molecule is C1=c2[n-]c(c3ccccc23)=NC2=NC(=Nc3[n-]c(c4ccccc34)N=C3[N-]C1c1ccccc13)c1ccccc12.CS(=O)(=O)[O-].CS(=O)(=O)[O-].CS(=O)(=O)[O-].CSOO[O-].[Na+].[Na+].[Na+].[Na+].[Zn]. The second-order valence-corrected chi connectivity index (χ2v) is 17.1. The minimum Gasteiger partial charge on any atom is -0.748 e. The van der Waals surface area contributed by atoms with Crippen LogP contribution in [0.4, 0.5) is 11.6 Å². The average Bonchev–Trinajstić information content (AvgIpc) is 3.89. The summed E-state index contributed by atoms with van der Waals surface area (Å²) in [5, 5.41) is 21.4. The number of benzene rings is 4. The monoisotopic (exact) mass is 1050 g/mol. The molecular formula is C37H30N7Na4O12S4Zn-3. The van der Waals surface area contributed by atoms with Crippen molar-refractivity contribution in [3.63, 3.8) is 0 Å². The summed E-state index contributed by atoms with van der Waals surface area (Å²) in [5.74, 6) is 2.98. The van der Waals surface area contributed by atoms with E-state index in [-0.39, 0.29) is 144 Å². The van der Waals surface area contributed by atoms with Crippen LogP contribution in [0.3, 0.4) is 0 Å². The number of aliphatic imine (C=N–C) groups is 3. The zero-order valence-corrected chi connectivity index (χ0v) is 50.5. The number of rotatable bonds is 2. The summed E-state index contributed by atoms with van der Waals surface area (Å²) < 4.78 is 85.4. The van der Waals surface area contributed by atoms with Crippen molar-refractivity contribution in [1.82, 2.24) is 9.97 Å². The topological polar surface area (TPSA) is 305 Å². The van der Waals surface area contributed by atoms with E-state index in [4.69, 9.17) is 79.4 Å². The molecule has 3 aliphatic rings. The Morgan fingerprint density at radius 2 is 0.985 bits per heavy atom. The number of hydrogen-bond acceptors (Lipinski definition) is 17. The van der Waals surface area contributed by atoms with E-state index >= 15 is 0 Å². The second kappa shape index (κ2) is 28.6. The second-order valence-electron chi connectivity index (χ2n) is 12.4. The Balaban J connectivity index is 0.00000140. The van der Waals surface area contributed by atoms with E-state index in [1.54, 1.807) is 6.26 Å². The third kappa shape index (κ3) is 19.7. The number of hydrogen-bond donors (Lipinski definition) is 0. The van der Waals surface area contributed by atoms with E-state index in [0.717, 1.165) is 61.2 Å². The molecule has 65 heavy (non-hydrogen) atoms. The molecule has 4 aromatic carbocycles.